The molecular formula is C22H22N6O2. The second-order valence-electron chi connectivity index (χ2n) is 7.08. The summed E-state index contributed by atoms with van der Waals surface area (Å²) in [7, 11) is 0. The van der Waals surface area contributed by atoms with Gasteiger partial charge in [-0.2, -0.15) is 4.98 Å². The second-order valence-corrected chi connectivity index (χ2v) is 7.08. The molecule has 1 aromatic carbocycles. The lowest BCUT2D eigenvalue weighted by Crippen LogP contribution is -2.13. The molecule has 0 unspecified atom stereocenters. The van der Waals surface area contributed by atoms with E-state index >= 15 is 0 Å². The van der Waals surface area contributed by atoms with Crippen LogP contribution in [0.15, 0.2) is 53.6 Å². The first kappa shape index (κ1) is 19.5. The zero-order valence-electron chi connectivity index (χ0n) is 17.1. The highest BCUT2D eigenvalue weighted by molar-refractivity contribution is 6.03. The van der Waals surface area contributed by atoms with Crippen molar-refractivity contribution in [2.45, 2.75) is 33.6 Å². The minimum absolute atomic E-state index is 0.282. The molecule has 0 fully saturated rings. The van der Waals surface area contributed by atoms with Crippen molar-refractivity contribution in [3.8, 4) is 17.3 Å². The molecule has 3 aromatic heterocycles. The lowest BCUT2D eigenvalue weighted by atomic mass is 10.1. The monoisotopic (exact) mass is 402 g/mol. The average molecular weight is 402 g/mol. The van der Waals surface area contributed by atoms with Crippen molar-refractivity contribution in [2.75, 3.05) is 5.32 Å². The standard InChI is InChI=1S/C22H22N6O2/c1-4-6-19-26-22(30-27-19)16-7-5-10-23-20(16)28-12-18(24-13-28)21(29)25-17-11-14(2)8-9-15(17)3/h5,7-13H,4,6H2,1-3H3,(H,25,29). The maximum absolute atomic E-state index is 12.7. The number of nitrogens with one attached hydrogen (secondary N) is 1. The van der Waals surface area contributed by atoms with Crippen molar-refractivity contribution in [1.82, 2.24) is 24.7 Å². The summed E-state index contributed by atoms with van der Waals surface area (Å²) in [6.07, 6.45) is 6.52. The number of benzene rings is 1. The normalized spacial score (nSPS) is 10.9. The van der Waals surface area contributed by atoms with Crippen molar-refractivity contribution >= 4 is 11.6 Å². The van der Waals surface area contributed by atoms with Crippen LogP contribution in [0.3, 0.4) is 0 Å². The van der Waals surface area contributed by atoms with Crippen LogP contribution in [-0.2, 0) is 6.42 Å². The van der Waals surface area contributed by atoms with Gasteiger partial charge in [0, 0.05) is 24.5 Å². The summed E-state index contributed by atoms with van der Waals surface area (Å²) in [5, 5.41) is 6.93. The molecule has 4 aromatic rings. The summed E-state index contributed by atoms with van der Waals surface area (Å²) in [5.41, 5.74) is 3.78. The predicted molar refractivity (Wildman–Crippen MR) is 113 cm³/mol. The minimum atomic E-state index is -0.289. The van der Waals surface area contributed by atoms with E-state index < -0.39 is 0 Å². The van der Waals surface area contributed by atoms with Gasteiger partial charge in [-0.05, 0) is 49.6 Å². The Kier molecular flexibility index (Phi) is 5.38. The first-order chi connectivity index (χ1) is 14.5. The molecule has 0 aliphatic heterocycles. The van der Waals surface area contributed by atoms with Gasteiger partial charge in [-0.3, -0.25) is 9.36 Å². The number of carbonyl (C=O) groups is 1. The van der Waals surface area contributed by atoms with Crippen LogP contribution in [0.4, 0.5) is 5.69 Å². The van der Waals surface area contributed by atoms with Crippen LogP contribution in [0.25, 0.3) is 17.3 Å². The molecule has 152 valence electrons. The second kappa shape index (κ2) is 8.28. The molecule has 0 saturated heterocycles. The van der Waals surface area contributed by atoms with Gasteiger partial charge in [0.25, 0.3) is 11.8 Å². The van der Waals surface area contributed by atoms with Crippen LogP contribution in [0.2, 0.25) is 0 Å². The van der Waals surface area contributed by atoms with Gasteiger partial charge in [-0.25, -0.2) is 9.97 Å². The number of aryl methyl sites for hydroxylation is 3. The molecular weight excluding hydrogens is 380 g/mol. The van der Waals surface area contributed by atoms with Gasteiger partial charge in [-0.1, -0.05) is 24.2 Å². The van der Waals surface area contributed by atoms with Crippen LogP contribution >= 0.6 is 0 Å². The van der Waals surface area contributed by atoms with Crippen molar-refractivity contribution in [3.05, 3.63) is 71.7 Å². The molecule has 0 spiro atoms. The zero-order valence-corrected chi connectivity index (χ0v) is 17.1. The molecule has 8 nitrogen and oxygen atoms in total. The van der Waals surface area contributed by atoms with Crippen molar-refractivity contribution in [3.63, 3.8) is 0 Å². The maximum atomic E-state index is 12.7. The molecule has 8 heteroatoms. The van der Waals surface area contributed by atoms with Gasteiger partial charge in [0.05, 0.1) is 5.56 Å². The van der Waals surface area contributed by atoms with Crippen LogP contribution in [0.5, 0.6) is 0 Å². The summed E-state index contributed by atoms with van der Waals surface area (Å²) >= 11 is 0. The van der Waals surface area contributed by atoms with Crippen LogP contribution in [0.1, 0.15) is 40.8 Å². The van der Waals surface area contributed by atoms with Gasteiger partial charge in [0.15, 0.2) is 11.6 Å². The van der Waals surface area contributed by atoms with Gasteiger partial charge < -0.3 is 9.84 Å². The summed E-state index contributed by atoms with van der Waals surface area (Å²) in [6, 6.07) is 9.56. The van der Waals surface area contributed by atoms with E-state index in [4.69, 9.17) is 4.52 Å². The molecule has 30 heavy (non-hydrogen) atoms. The van der Waals surface area contributed by atoms with Gasteiger partial charge in [0.1, 0.15) is 12.0 Å². The number of aromatic nitrogens is 5. The first-order valence-electron chi connectivity index (χ1n) is 9.76. The number of imidazole rings is 1. The Morgan fingerprint density at radius 1 is 1.20 bits per heavy atom. The Labute approximate surface area is 174 Å². The van der Waals surface area contributed by atoms with Crippen molar-refractivity contribution < 1.29 is 9.32 Å². The number of rotatable bonds is 6. The fourth-order valence-corrected chi connectivity index (χ4v) is 3.07. The lowest BCUT2D eigenvalue weighted by Gasteiger charge is -2.08. The van der Waals surface area contributed by atoms with E-state index in [1.807, 2.05) is 38.1 Å². The SMILES string of the molecule is CCCc1noc(-c2cccnc2-n2cnc(C(=O)Nc3cc(C)ccc3C)c2)n1. The zero-order chi connectivity index (χ0) is 21.1. The van der Waals surface area contributed by atoms with Crippen LogP contribution in [0, 0.1) is 13.8 Å². The van der Waals surface area contributed by atoms with E-state index in [-0.39, 0.29) is 11.6 Å². The highest BCUT2D eigenvalue weighted by atomic mass is 16.5. The largest absolute Gasteiger partial charge is 0.334 e. The summed E-state index contributed by atoms with van der Waals surface area (Å²) in [5.74, 6) is 1.31. The van der Waals surface area contributed by atoms with E-state index in [0.717, 1.165) is 29.7 Å². The van der Waals surface area contributed by atoms with E-state index in [1.165, 1.54) is 0 Å². The lowest BCUT2D eigenvalue weighted by molar-refractivity contribution is 0.102. The summed E-state index contributed by atoms with van der Waals surface area (Å²) in [4.78, 5) is 25.8. The fourth-order valence-electron chi connectivity index (χ4n) is 3.07. The number of pyridine rings is 1. The molecule has 0 atom stereocenters. The van der Waals surface area contributed by atoms with E-state index in [1.54, 1.807) is 29.4 Å². The Morgan fingerprint density at radius 2 is 2.07 bits per heavy atom. The molecule has 0 radical (unpaired) electrons. The highest BCUT2D eigenvalue weighted by Crippen LogP contribution is 2.24. The third-order valence-electron chi connectivity index (χ3n) is 4.66. The smallest absolute Gasteiger partial charge is 0.275 e. The number of nitrogens with zero attached hydrogens (tertiary/aromatic N) is 5. The molecule has 0 aliphatic rings. The van der Waals surface area contributed by atoms with Gasteiger partial charge in [-0.15, -0.1) is 0 Å². The molecule has 0 bridgehead atoms. The average Bonchev–Trinajstić information content (AvgIpc) is 3.41. The molecule has 4 rings (SSSR count). The number of hydrogen-bond donors (Lipinski definition) is 1. The van der Waals surface area contributed by atoms with E-state index in [0.29, 0.717) is 23.1 Å². The fraction of sp³-hybridized carbons (Fsp3) is 0.227. The molecule has 1 N–H and O–H groups in total. The predicted octanol–water partition coefficient (Wildman–Crippen LogP) is 4.14. The van der Waals surface area contributed by atoms with Gasteiger partial charge >= 0.3 is 0 Å². The quantitative estimate of drug-likeness (QED) is 0.520. The van der Waals surface area contributed by atoms with Gasteiger partial charge in [0.2, 0.25) is 0 Å². The van der Waals surface area contributed by atoms with Crippen molar-refractivity contribution in [1.29, 1.82) is 0 Å². The Hall–Kier alpha value is -3.81. The first-order valence-corrected chi connectivity index (χ1v) is 9.76. The summed E-state index contributed by atoms with van der Waals surface area (Å²) in [6.45, 7) is 5.99. The summed E-state index contributed by atoms with van der Waals surface area (Å²) < 4.78 is 7.09. The molecule has 1 amide bonds. The maximum Gasteiger partial charge on any atom is 0.275 e. The topological polar surface area (TPSA) is 98.7 Å². The van der Waals surface area contributed by atoms with Crippen LogP contribution < -0.4 is 5.32 Å². The van der Waals surface area contributed by atoms with Crippen LogP contribution in [-0.4, -0.2) is 30.6 Å². The number of hydrogen-bond acceptors (Lipinski definition) is 6. The Morgan fingerprint density at radius 3 is 2.90 bits per heavy atom. The molecule has 0 saturated carbocycles. The minimum Gasteiger partial charge on any atom is -0.334 e. The third kappa shape index (κ3) is 3.98. The van der Waals surface area contributed by atoms with E-state index in [9.17, 15) is 4.79 Å². The number of anilines is 1. The molecule has 0 aliphatic carbocycles. The Balaban J connectivity index is 1.61. The number of amides is 1. The number of carbonyl (C=O) groups excluding carboxylic acids is 1. The Bertz CT molecular complexity index is 1190. The van der Waals surface area contributed by atoms with Crippen molar-refractivity contribution in [2.24, 2.45) is 0 Å². The van der Waals surface area contributed by atoms with E-state index in [2.05, 4.69) is 32.3 Å². The molecule has 3 heterocycles. The highest BCUT2D eigenvalue weighted by Gasteiger charge is 2.17. The third-order valence-corrected chi connectivity index (χ3v) is 4.66.